The van der Waals surface area contributed by atoms with Crippen LogP contribution in [0.5, 0.6) is 5.75 Å². The van der Waals surface area contributed by atoms with E-state index in [0.29, 0.717) is 23.1 Å². The van der Waals surface area contributed by atoms with Gasteiger partial charge in [0.25, 0.3) is 0 Å². The van der Waals surface area contributed by atoms with Gasteiger partial charge in [-0.15, -0.1) is 0 Å². The fourth-order valence-electron chi connectivity index (χ4n) is 1.74. The minimum atomic E-state index is -0.501. The number of hydrogen-bond donors (Lipinski definition) is 2. The lowest BCUT2D eigenvalue weighted by Crippen LogP contribution is -2.07. The molecule has 0 fully saturated rings. The normalized spacial score (nSPS) is 10.3. The van der Waals surface area contributed by atoms with Crippen LogP contribution in [0.4, 0.5) is 21.7 Å². The summed E-state index contributed by atoms with van der Waals surface area (Å²) < 4.78 is 18.8. The van der Waals surface area contributed by atoms with E-state index in [9.17, 15) is 4.39 Å². The molecule has 2 N–H and O–H groups in total. The first-order valence-electron chi connectivity index (χ1n) is 6.50. The third kappa shape index (κ3) is 3.72. The molecular weight excluding hydrogens is 295 g/mol. The molecule has 0 bridgehead atoms. The number of hydrogen-bond acceptors (Lipinski definition) is 5. The number of rotatable bonds is 6. The van der Waals surface area contributed by atoms with Crippen LogP contribution in [-0.2, 0) is 0 Å². The fraction of sp³-hybridized carbons (Fsp3) is 0.286. The molecule has 0 unspecified atom stereocenters. The Balaban J connectivity index is 2.28. The van der Waals surface area contributed by atoms with E-state index < -0.39 is 5.82 Å². The Labute approximate surface area is 127 Å². The Morgan fingerprint density at radius 2 is 2.05 bits per heavy atom. The fourth-order valence-corrected chi connectivity index (χ4v) is 1.85. The molecule has 112 valence electrons. The van der Waals surface area contributed by atoms with Gasteiger partial charge in [0.1, 0.15) is 12.1 Å². The zero-order valence-electron chi connectivity index (χ0n) is 11.8. The minimum Gasteiger partial charge on any atom is -0.490 e. The maximum absolute atomic E-state index is 13.5. The summed E-state index contributed by atoms with van der Waals surface area (Å²) in [5.41, 5.74) is 0.523. The van der Waals surface area contributed by atoms with E-state index >= 15 is 0 Å². The van der Waals surface area contributed by atoms with Gasteiger partial charge in [0.05, 0.1) is 12.1 Å². The van der Waals surface area contributed by atoms with Crippen LogP contribution in [0.3, 0.4) is 0 Å². The van der Waals surface area contributed by atoms with Gasteiger partial charge in [0, 0.05) is 12.2 Å². The largest absolute Gasteiger partial charge is 0.490 e. The van der Waals surface area contributed by atoms with Gasteiger partial charge in [0.2, 0.25) is 5.75 Å². The quantitative estimate of drug-likeness (QED) is 0.849. The standard InChI is InChI=1S/C14H16ClFN4O/c1-3-6-17-13-12(21-2)14(19-8-18-13)20-9-4-5-10(15)11(16)7-9/h4-5,7-8H,3,6H2,1-2H3,(H2,17,18,19,20). The van der Waals surface area contributed by atoms with Crippen molar-refractivity contribution < 1.29 is 9.13 Å². The third-order valence-electron chi connectivity index (χ3n) is 2.73. The van der Waals surface area contributed by atoms with Crippen molar-refractivity contribution in [3.8, 4) is 5.75 Å². The van der Waals surface area contributed by atoms with E-state index in [4.69, 9.17) is 16.3 Å². The van der Waals surface area contributed by atoms with Gasteiger partial charge in [0.15, 0.2) is 11.6 Å². The molecule has 0 saturated heterocycles. The number of anilines is 3. The molecule has 1 heterocycles. The van der Waals surface area contributed by atoms with Crippen LogP contribution in [0.2, 0.25) is 5.02 Å². The molecule has 0 aliphatic carbocycles. The SMILES string of the molecule is CCCNc1ncnc(Nc2ccc(Cl)c(F)c2)c1OC. The first-order valence-corrected chi connectivity index (χ1v) is 6.88. The topological polar surface area (TPSA) is 59.1 Å². The third-order valence-corrected chi connectivity index (χ3v) is 3.04. The van der Waals surface area contributed by atoms with Crippen LogP contribution in [-0.4, -0.2) is 23.6 Å². The number of nitrogens with one attached hydrogen (secondary N) is 2. The van der Waals surface area contributed by atoms with Crippen molar-refractivity contribution in [2.75, 3.05) is 24.3 Å². The lowest BCUT2D eigenvalue weighted by Gasteiger charge is -2.14. The van der Waals surface area contributed by atoms with E-state index in [1.54, 1.807) is 6.07 Å². The molecule has 2 rings (SSSR count). The Morgan fingerprint density at radius 3 is 2.71 bits per heavy atom. The highest BCUT2D eigenvalue weighted by molar-refractivity contribution is 6.30. The Bertz CT molecular complexity index is 624. The summed E-state index contributed by atoms with van der Waals surface area (Å²) in [4.78, 5) is 8.26. The summed E-state index contributed by atoms with van der Waals surface area (Å²) in [6, 6.07) is 4.43. The number of ether oxygens (including phenoxy) is 1. The summed E-state index contributed by atoms with van der Waals surface area (Å²) >= 11 is 5.66. The van der Waals surface area contributed by atoms with E-state index in [-0.39, 0.29) is 5.02 Å². The number of aromatic nitrogens is 2. The van der Waals surface area contributed by atoms with Gasteiger partial charge >= 0.3 is 0 Å². The van der Waals surface area contributed by atoms with Gasteiger partial charge in [-0.3, -0.25) is 0 Å². The van der Waals surface area contributed by atoms with Crippen molar-refractivity contribution in [3.05, 3.63) is 35.4 Å². The molecule has 0 amide bonds. The molecule has 0 atom stereocenters. The molecule has 21 heavy (non-hydrogen) atoms. The predicted molar refractivity (Wildman–Crippen MR) is 82.1 cm³/mol. The molecule has 5 nitrogen and oxygen atoms in total. The van der Waals surface area contributed by atoms with Gasteiger partial charge in [-0.1, -0.05) is 18.5 Å². The summed E-state index contributed by atoms with van der Waals surface area (Å²) in [7, 11) is 1.53. The van der Waals surface area contributed by atoms with E-state index in [2.05, 4.69) is 27.5 Å². The Kier molecular flexibility index (Phi) is 5.16. The average Bonchev–Trinajstić information content (AvgIpc) is 2.49. The first kappa shape index (κ1) is 15.3. The van der Waals surface area contributed by atoms with Crippen molar-refractivity contribution in [1.29, 1.82) is 0 Å². The van der Waals surface area contributed by atoms with Crippen molar-refractivity contribution in [3.63, 3.8) is 0 Å². The highest BCUT2D eigenvalue weighted by Gasteiger charge is 2.12. The van der Waals surface area contributed by atoms with Crippen LogP contribution in [0.15, 0.2) is 24.5 Å². The maximum atomic E-state index is 13.5. The van der Waals surface area contributed by atoms with Gasteiger partial charge in [-0.2, -0.15) is 0 Å². The number of halogens is 2. The molecule has 0 radical (unpaired) electrons. The molecule has 1 aromatic carbocycles. The second kappa shape index (κ2) is 7.08. The molecule has 0 aliphatic rings. The van der Waals surface area contributed by atoms with Gasteiger partial charge in [-0.05, 0) is 24.6 Å². The molecule has 0 saturated carbocycles. The molecule has 2 aromatic rings. The Morgan fingerprint density at radius 1 is 1.29 bits per heavy atom. The van der Waals surface area contributed by atoms with Crippen LogP contribution in [0.1, 0.15) is 13.3 Å². The highest BCUT2D eigenvalue weighted by atomic mass is 35.5. The van der Waals surface area contributed by atoms with Crippen molar-refractivity contribution in [1.82, 2.24) is 9.97 Å². The zero-order valence-corrected chi connectivity index (χ0v) is 12.5. The maximum Gasteiger partial charge on any atom is 0.204 e. The second-order valence-electron chi connectivity index (χ2n) is 4.28. The van der Waals surface area contributed by atoms with Gasteiger partial charge < -0.3 is 15.4 Å². The van der Waals surface area contributed by atoms with Crippen LogP contribution >= 0.6 is 11.6 Å². The molecule has 1 aromatic heterocycles. The Hall–Kier alpha value is -2.08. The molecular formula is C14H16ClFN4O. The lowest BCUT2D eigenvalue weighted by atomic mass is 10.3. The summed E-state index contributed by atoms with van der Waals surface area (Å²) in [6.45, 7) is 2.82. The van der Waals surface area contributed by atoms with Gasteiger partial charge in [-0.25, -0.2) is 14.4 Å². The number of benzene rings is 1. The van der Waals surface area contributed by atoms with Crippen LogP contribution in [0, 0.1) is 5.82 Å². The smallest absolute Gasteiger partial charge is 0.204 e. The number of nitrogens with zero attached hydrogens (tertiary/aromatic N) is 2. The van der Waals surface area contributed by atoms with E-state index in [0.717, 1.165) is 13.0 Å². The van der Waals surface area contributed by atoms with E-state index in [1.165, 1.54) is 25.6 Å². The van der Waals surface area contributed by atoms with Crippen molar-refractivity contribution in [2.24, 2.45) is 0 Å². The number of methoxy groups -OCH3 is 1. The summed E-state index contributed by atoms with van der Waals surface area (Å²) in [5, 5.41) is 6.21. The van der Waals surface area contributed by atoms with Crippen LogP contribution in [0.25, 0.3) is 0 Å². The summed E-state index contributed by atoms with van der Waals surface area (Å²) in [6.07, 6.45) is 2.37. The molecule has 0 spiro atoms. The van der Waals surface area contributed by atoms with Crippen molar-refractivity contribution >= 4 is 28.9 Å². The lowest BCUT2D eigenvalue weighted by molar-refractivity contribution is 0.415. The highest BCUT2D eigenvalue weighted by Crippen LogP contribution is 2.31. The monoisotopic (exact) mass is 310 g/mol. The molecule has 7 heteroatoms. The first-order chi connectivity index (χ1) is 10.2. The molecule has 0 aliphatic heterocycles. The average molecular weight is 311 g/mol. The van der Waals surface area contributed by atoms with E-state index in [1.807, 2.05) is 0 Å². The minimum absolute atomic E-state index is 0.0699. The predicted octanol–water partition coefficient (Wildman–Crippen LogP) is 3.84. The van der Waals surface area contributed by atoms with Crippen LogP contribution < -0.4 is 15.4 Å². The second-order valence-corrected chi connectivity index (χ2v) is 4.69. The zero-order chi connectivity index (χ0) is 15.2. The summed E-state index contributed by atoms with van der Waals surface area (Å²) in [5.74, 6) is 1.01. The van der Waals surface area contributed by atoms with Crippen molar-refractivity contribution in [2.45, 2.75) is 13.3 Å².